The number of carbonyl (C=O) groups excluding carboxylic acids is 2. The third kappa shape index (κ3) is 3.01. The molecule has 0 radical (unpaired) electrons. The number of hydrogen-bond donors (Lipinski definition) is 0. The summed E-state index contributed by atoms with van der Waals surface area (Å²) >= 11 is 0. The van der Waals surface area contributed by atoms with Crippen molar-refractivity contribution in [3.05, 3.63) is 35.4 Å². The average Bonchev–Trinajstić information content (AvgIpc) is 2.38. The Kier molecular flexibility index (Phi) is 4.00. The Labute approximate surface area is 114 Å². The molecule has 1 amide bonds. The van der Waals surface area contributed by atoms with Crippen molar-refractivity contribution in [3.63, 3.8) is 0 Å². The van der Waals surface area contributed by atoms with E-state index in [2.05, 4.69) is 18.9 Å². The van der Waals surface area contributed by atoms with Crippen molar-refractivity contribution in [2.75, 3.05) is 26.7 Å². The Hall–Kier alpha value is -1.68. The zero-order chi connectivity index (χ0) is 14.0. The number of rotatable bonds is 2. The van der Waals surface area contributed by atoms with Crippen molar-refractivity contribution in [1.82, 2.24) is 9.80 Å². The lowest BCUT2D eigenvalue weighted by atomic mass is 10.1. The Morgan fingerprint density at radius 3 is 2.21 bits per heavy atom. The van der Waals surface area contributed by atoms with Crippen LogP contribution in [0.5, 0.6) is 0 Å². The van der Waals surface area contributed by atoms with Crippen LogP contribution < -0.4 is 0 Å². The van der Waals surface area contributed by atoms with Crippen LogP contribution in [0, 0.1) is 0 Å². The first kappa shape index (κ1) is 13.7. The van der Waals surface area contributed by atoms with Gasteiger partial charge in [-0.25, -0.2) is 0 Å². The van der Waals surface area contributed by atoms with Crippen LogP contribution in [0.1, 0.15) is 34.6 Å². The Bertz CT molecular complexity index is 481. The summed E-state index contributed by atoms with van der Waals surface area (Å²) in [6.07, 6.45) is 0. The van der Waals surface area contributed by atoms with E-state index in [4.69, 9.17) is 0 Å². The van der Waals surface area contributed by atoms with E-state index in [-0.39, 0.29) is 17.7 Å². The van der Waals surface area contributed by atoms with Gasteiger partial charge >= 0.3 is 0 Å². The summed E-state index contributed by atoms with van der Waals surface area (Å²) in [5.74, 6) is 0.0719. The van der Waals surface area contributed by atoms with Crippen LogP contribution >= 0.6 is 0 Å². The Balaban J connectivity index is 2.13. The van der Waals surface area contributed by atoms with Crippen LogP contribution in [0.25, 0.3) is 0 Å². The molecule has 4 nitrogen and oxygen atoms in total. The third-order valence-corrected chi connectivity index (χ3v) is 3.63. The molecular weight excluding hydrogens is 240 g/mol. The van der Waals surface area contributed by atoms with Crippen molar-refractivity contribution in [3.8, 4) is 0 Å². The molecule has 1 aliphatic rings. The molecule has 0 spiro atoms. The zero-order valence-corrected chi connectivity index (χ0v) is 11.7. The number of nitrogens with zero attached hydrogens (tertiary/aromatic N) is 2. The minimum absolute atomic E-state index is 0.0203. The average molecular weight is 260 g/mol. The van der Waals surface area contributed by atoms with Gasteiger partial charge < -0.3 is 9.80 Å². The van der Waals surface area contributed by atoms with E-state index >= 15 is 0 Å². The molecule has 19 heavy (non-hydrogen) atoms. The molecule has 0 bridgehead atoms. The van der Waals surface area contributed by atoms with E-state index in [1.807, 2.05) is 4.90 Å². The molecule has 1 aromatic carbocycles. The van der Waals surface area contributed by atoms with Crippen LogP contribution in [-0.2, 0) is 0 Å². The smallest absolute Gasteiger partial charge is 0.254 e. The SMILES string of the molecule is CC(=O)c1ccc(C(=O)N2CCN(C)C[C@H]2C)cc1. The number of piperazine rings is 1. The van der Waals surface area contributed by atoms with E-state index in [1.165, 1.54) is 6.92 Å². The molecule has 1 fully saturated rings. The topological polar surface area (TPSA) is 40.6 Å². The Morgan fingerprint density at radius 1 is 1.11 bits per heavy atom. The van der Waals surface area contributed by atoms with Crippen LogP contribution in [0.15, 0.2) is 24.3 Å². The molecule has 102 valence electrons. The van der Waals surface area contributed by atoms with Gasteiger partial charge in [-0.3, -0.25) is 9.59 Å². The van der Waals surface area contributed by atoms with Gasteiger partial charge in [-0.15, -0.1) is 0 Å². The van der Waals surface area contributed by atoms with Crippen LogP contribution in [0.4, 0.5) is 0 Å². The summed E-state index contributed by atoms with van der Waals surface area (Å²) in [4.78, 5) is 27.8. The second-order valence-corrected chi connectivity index (χ2v) is 5.24. The van der Waals surface area contributed by atoms with Crippen molar-refractivity contribution in [2.45, 2.75) is 19.9 Å². The number of amides is 1. The van der Waals surface area contributed by atoms with E-state index < -0.39 is 0 Å². The lowest BCUT2D eigenvalue weighted by Gasteiger charge is -2.38. The van der Waals surface area contributed by atoms with Crippen LogP contribution in [0.3, 0.4) is 0 Å². The highest BCUT2D eigenvalue weighted by Gasteiger charge is 2.26. The largest absolute Gasteiger partial charge is 0.333 e. The lowest BCUT2D eigenvalue weighted by Crippen LogP contribution is -2.52. The highest BCUT2D eigenvalue weighted by atomic mass is 16.2. The van der Waals surface area contributed by atoms with Crippen molar-refractivity contribution >= 4 is 11.7 Å². The lowest BCUT2D eigenvalue weighted by molar-refractivity contribution is 0.0533. The molecule has 1 heterocycles. The molecule has 1 saturated heterocycles. The maximum absolute atomic E-state index is 12.4. The first-order valence-electron chi connectivity index (χ1n) is 6.59. The molecule has 4 heteroatoms. The van der Waals surface area contributed by atoms with Gasteiger partial charge in [0.25, 0.3) is 5.91 Å². The fraction of sp³-hybridized carbons (Fsp3) is 0.467. The van der Waals surface area contributed by atoms with Gasteiger partial charge in [-0.1, -0.05) is 12.1 Å². The monoisotopic (exact) mass is 260 g/mol. The Morgan fingerprint density at radius 2 is 1.68 bits per heavy atom. The minimum Gasteiger partial charge on any atom is -0.333 e. The summed E-state index contributed by atoms with van der Waals surface area (Å²) in [6.45, 7) is 6.15. The van der Waals surface area contributed by atoms with Gasteiger partial charge in [0.1, 0.15) is 0 Å². The van der Waals surface area contributed by atoms with E-state index in [0.717, 1.165) is 19.6 Å². The fourth-order valence-corrected chi connectivity index (χ4v) is 2.45. The van der Waals surface area contributed by atoms with Crippen molar-refractivity contribution in [2.24, 2.45) is 0 Å². The summed E-state index contributed by atoms with van der Waals surface area (Å²) in [7, 11) is 2.07. The third-order valence-electron chi connectivity index (χ3n) is 3.63. The van der Waals surface area contributed by atoms with Gasteiger partial charge in [-0.05, 0) is 33.0 Å². The standard InChI is InChI=1S/C15H20N2O2/c1-11-10-16(3)8-9-17(11)15(19)14-6-4-13(5-7-14)12(2)18/h4-7,11H,8-10H2,1-3H3/t11-/m1/s1. The molecular formula is C15H20N2O2. The van der Waals surface area contributed by atoms with Crippen molar-refractivity contribution < 1.29 is 9.59 Å². The van der Waals surface area contributed by atoms with E-state index in [9.17, 15) is 9.59 Å². The van der Waals surface area contributed by atoms with Gasteiger partial charge in [0.15, 0.2) is 5.78 Å². The summed E-state index contributed by atoms with van der Waals surface area (Å²) < 4.78 is 0. The van der Waals surface area contributed by atoms with Gasteiger partial charge in [-0.2, -0.15) is 0 Å². The zero-order valence-electron chi connectivity index (χ0n) is 11.7. The fourth-order valence-electron chi connectivity index (χ4n) is 2.45. The molecule has 0 N–H and O–H groups in total. The van der Waals surface area contributed by atoms with Gasteiger partial charge in [0.05, 0.1) is 0 Å². The molecule has 2 rings (SSSR count). The first-order valence-corrected chi connectivity index (χ1v) is 6.59. The molecule has 1 aliphatic heterocycles. The van der Waals surface area contributed by atoms with Gasteiger partial charge in [0, 0.05) is 36.8 Å². The highest BCUT2D eigenvalue weighted by Crippen LogP contribution is 2.14. The number of ketones is 1. The minimum atomic E-state index is 0.0203. The van der Waals surface area contributed by atoms with Crippen LogP contribution in [-0.4, -0.2) is 54.2 Å². The predicted octanol–water partition coefficient (Wildman–Crippen LogP) is 1.67. The second-order valence-electron chi connectivity index (χ2n) is 5.24. The maximum Gasteiger partial charge on any atom is 0.254 e. The quantitative estimate of drug-likeness (QED) is 0.759. The molecule has 0 aromatic heterocycles. The highest BCUT2D eigenvalue weighted by molar-refractivity contribution is 5.97. The van der Waals surface area contributed by atoms with Gasteiger partial charge in [0.2, 0.25) is 0 Å². The number of hydrogen-bond acceptors (Lipinski definition) is 3. The van der Waals surface area contributed by atoms with Crippen molar-refractivity contribution in [1.29, 1.82) is 0 Å². The summed E-state index contributed by atoms with van der Waals surface area (Å²) in [5, 5.41) is 0. The number of benzene rings is 1. The molecule has 1 aromatic rings. The second kappa shape index (κ2) is 5.53. The molecule has 1 atom stereocenters. The number of likely N-dealkylation sites (N-methyl/N-ethyl adjacent to an activating group) is 1. The molecule has 0 aliphatic carbocycles. The normalized spacial score (nSPS) is 20.4. The molecule has 0 unspecified atom stereocenters. The van der Waals surface area contributed by atoms with E-state index in [1.54, 1.807) is 24.3 Å². The first-order chi connectivity index (χ1) is 8.99. The number of carbonyl (C=O) groups is 2. The number of Topliss-reactive ketones (excluding diaryl/α,β-unsaturated/α-hetero) is 1. The molecule has 0 saturated carbocycles. The summed E-state index contributed by atoms with van der Waals surface area (Å²) in [5.41, 5.74) is 1.30. The summed E-state index contributed by atoms with van der Waals surface area (Å²) in [6, 6.07) is 7.14. The van der Waals surface area contributed by atoms with E-state index in [0.29, 0.717) is 11.1 Å². The van der Waals surface area contributed by atoms with Crippen LogP contribution in [0.2, 0.25) is 0 Å². The maximum atomic E-state index is 12.4. The predicted molar refractivity (Wildman–Crippen MR) is 74.4 cm³/mol.